The van der Waals surface area contributed by atoms with Crippen molar-refractivity contribution in [2.45, 2.75) is 35.5 Å². The Morgan fingerprint density at radius 1 is 1.31 bits per heavy atom. The third-order valence-electron chi connectivity index (χ3n) is 2.81. The molecule has 0 radical (unpaired) electrons. The van der Waals surface area contributed by atoms with Crippen LogP contribution in [0, 0.1) is 0 Å². The molecule has 1 aromatic carbocycles. The summed E-state index contributed by atoms with van der Waals surface area (Å²) in [4.78, 5) is 11.8. The van der Waals surface area contributed by atoms with E-state index in [-0.39, 0.29) is 11.4 Å². The lowest BCUT2D eigenvalue weighted by atomic mass is 10.2. The van der Waals surface area contributed by atoms with Crippen molar-refractivity contribution in [1.29, 1.82) is 0 Å². The molecule has 1 fully saturated rings. The number of thioether (sulfide) groups is 1. The van der Waals surface area contributed by atoms with Gasteiger partial charge in [-0.3, -0.25) is 0 Å². The molecule has 2 rings (SSSR count). The second-order valence-electron chi connectivity index (χ2n) is 3.96. The lowest BCUT2D eigenvalue weighted by molar-refractivity contribution is 0.0693. The smallest absolute Gasteiger partial charge is 0.336 e. The molecule has 1 aliphatic carbocycles. The largest absolute Gasteiger partial charge is 0.478 e. The third kappa shape index (κ3) is 2.39. The number of carboxylic acids is 1. The number of carboxylic acid groups (broad SMARTS) is 1. The van der Waals surface area contributed by atoms with E-state index in [2.05, 4.69) is 0 Å². The van der Waals surface area contributed by atoms with Crippen molar-refractivity contribution in [2.24, 2.45) is 0 Å². The van der Waals surface area contributed by atoms with E-state index in [1.165, 1.54) is 11.8 Å². The first-order valence-corrected chi connectivity index (χ1v) is 6.23. The average molecular weight is 238 g/mol. The molecule has 0 heterocycles. The highest BCUT2D eigenvalue weighted by atomic mass is 32.2. The Morgan fingerprint density at radius 2 is 2.06 bits per heavy atom. The van der Waals surface area contributed by atoms with Crippen LogP contribution in [0.4, 0.5) is 0 Å². The Kier molecular flexibility index (Phi) is 3.51. The number of aromatic carboxylic acids is 1. The maximum absolute atomic E-state index is 11.0. The number of benzene rings is 1. The zero-order chi connectivity index (χ0) is 11.5. The molecule has 0 unspecified atom stereocenters. The van der Waals surface area contributed by atoms with E-state index in [9.17, 15) is 9.90 Å². The zero-order valence-electron chi connectivity index (χ0n) is 8.80. The predicted molar refractivity (Wildman–Crippen MR) is 62.9 cm³/mol. The zero-order valence-corrected chi connectivity index (χ0v) is 9.61. The quantitative estimate of drug-likeness (QED) is 0.849. The molecule has 0 bridgehead atoms. The van der Waals surface area contributed by atoms with Gasteiger partial charge < -0.3 is 10.2 Å². The maximum Gasteiger partial charge on any atom is 0.336 e. The van der Waals surface area contributed by atoms with Crippen molar-refractivity contribution in [1.82, 2.24) is 0 Å². The summed E-state index contributed by atoms with van der Waals surface area (Å²) in [5, 5.41) is 18.9. The molecular formula is C12H14O3S. The van der Waals surface area contributed by atoms with Gasteiger partial charge in [0.15, 0.2) is 0 Å². The van der Waals surface area contributed by atoms with Gasteiger partial charge in [0.1, 0.15) is 0 Å². The lowest BCUT2D eigenvalue weighted by Gasteiger charge is -2.14. The number of rotatable bonds is 3. The van der Waals surface area contributed by atoms with Crippen molar-refractivity contribution < 1.29 is 15.0 Å². The third-order valence-corrected chi connectivity index (χ3v) is 4.28. The highest BCUT2D eigenvalue weighted by molar-refractivity contribution is 8.00. The first kappa shape index (κ1) is 11.5. The van der Waals surface area contributed by atoms with Crippen molar-refractivity contribution in [3.8, 4) is 0 Å². The molecule has 4 heteroatoms. The molecule has 0 saturated heterocycles. The summed E-state index contributed by atoms with van der Waals surface area (Å²) >= 11 is 1.48. The van der Waals surface area contributed by atoms with E-state index in [1.807, 2.05) is 6.07 Å². The van der Waals surface area contributed by atoms with Crippen LogP contribution in [-0.4, -0.2) is 27.5 Å². The van der Waals surface area contributed by atoms with Gasteiger partial charge in [-0.05, 0) is 31.4 Å². The highest BCUT2D eigenvalue weighted by Crippen LogP contribution is 2.36. The first-order valence-electron chi connectivity index (χ1n) is 5.35. The van der Waals surface area contributed by atoms with Gasteiger partial charge in [0.25, 0.3) is 0 Å². The minimum atomic E-state index is -0.907. The van der Waals surface area contributed by atoms with Crippen LogP contribution >= 0.6 is 11.8 Å². The van der Waals surface area contributed by atoms with E-state index >= 15 is 0 Å². The molecule has 0 aliphatic heterocycles. The molecule has 86 valence electrons. The molecule has 0 spiro atoms. The van der Waals surface area contributed by atoms with Crippen molar-refractivity contribution >= 4 is 17.7 Å². The average Bonchev–Trinajstić information content (AvgIpc) is 2.65. The van der Waals surface area contributed by atoms with E-state index in [1.54, 1.807) is 18.2 Å². The molecule has 16 heavy (non-hydrogen) atoms. The Balaban J connectivity index is 2.17. The molecule has 1 aromatic rings. The Morgan fingerprint density at radius 3 is 2.69 bits per heavy atom. The summed E-state index contributed by atoms with van der Waals surface area (Å²) in [7, 11) is 0. The summed E-state index contributed by atoms with van der Waals surface area (Å²) in [5.74, 6) is -0.907. The van der Waals surface area contributed by atoms with Crippen LogP contribution in [-0.2, 0) is 0 Å². The minimum absolute atomic E-state index is 0.139. The van der Waals surface area contributed by atoms with Gasteiger partial charge in [0.05, 0.1) is 11.7 Å². The van der Waals surface area contributed by atoms with Crippen molar-refractivity contribution in [2.75, 3.05) is 0 Å². The van der Waals surface area contributed by atoms with Gasteiger partial charge in [-0.1, -0.05) is 12.1 Å². The predicted octanol–water partition coefficient (Wildman–Crippen LogP) is 2.39. The van der Waals surface area contributed by atoms with Gasteiger partial charge in [0, 0.05) is 10.1 Å². The van der Waals surface area contributed by atoms with E-state index in [0.29, 0.717) is 5.56 Å². The standard InChI is InChI=1S/C12H14O3S/c13-9-5-3-7-11(9)16-10-6-2-1-4-8(10)12(14)15/h1-2,4,6,9,11,13H,3,5,7H2,(H,14,15)/t9-,11-/m0/s1. The topological polar surface area (TPSA) is 57.5 Å². The van der Waals surface area contributed by atoms with Crippen LogP contribution in [0.25, 0.3) is 0 Å². The number of aliphatic hydroxyl groups excluding tert-OH is 1. The van der Waals surface area contributed by atoms with Crippen molar-refractivity contribution in [3.05, 3.63) is 29.8 Å². The Bertz CT molecular complexity index is 392. The van der Waals surface area contributed by atoms with Crippen LogP contribution in [0.2, 0.25) is 0 Å². The number of hydrogen-bond acceptors (Lipinski definition) is 3. The first-order chi connectivity index (χ1) is 7.68. The van der Waals surface area contributed by atoms with E-state index in [0.717, 1.165) is 24.2 Å². The second-order valence-corrected chi connectivity index (χ2v) is 5.24. The molecule has 1 aliphatic rings. The van der Waals surface area contributed by atoms with Crippen LogP contribution in [0.3, 0.4) is 0 Å². The van der Waals surface area contributed by atoms with Gasteiger partial charge >= 0.3 is 5.97 Å². The molecule has 1 saturated carbocycles. The monoisotopic (exact) mass is 238 g/mol. The van der Waals surface area contributed by atoms with Crippen LogP contribution in [0.15, 0.2) is 29.2 Å². The van der Waals surface area contributed by atoms with Gasteiger partial charge in [0.2, 0.25) is 0 Å². The highest BCUT2D eigenvalue weighted by Gasteiger charge is 2.27. The van der Waals surface area contributed by atoms with Crippen LogP contribution in [0.1, 0.15) is 29.6 Å². The molecular weight excluding hydrogens is 224 g/mol. The second kappa shape index (κ2) is 4.89. The SMILES string of the molecule is O=C(O)c1ccccc1S[C@H]1CCC[C@@H]1O. The summed E-state index contributed by atoms with van der Waals surface area (Å²) < 4.78 is 0. The molecule has 2 N–H and O–H groups in total. The fraction of sp³-hybridized carbons (Fsp3) is 0.417. The van der Waals surface area contributed by atoms with Gasteiger partial charge in [-0.15, -0.1) is 11.8 Å². The molecule has 0 amide bonds. The molecule has 3 nitrogen and oxygen atoms in total. The summed E-state index contributed by atoms with van der Waals surface area (Å²) in [5.41, 5.74) is 0.326. The van der Waals surface area contributed by atoms with Crippen molar-refractivity contribution in [3.63, 3.8) is 0 Å². The fourth-order valence-electron chi connectivity index (χ4n) is 1.95. The van der Waals surface area contributed by atoms with Gasteiger partial charge in [-0.25, -0.2) is 4.79 Å². The molecule has 2 atom stereocenters. The van der Waals surface area contributed by atoms with Crippen LogP contribution in [0.5, 0.6) is 0 Å². The van der Waals surface area contributed by atoms with Gasteiger partial charge in [-0.2, -0.15) is 0 Å². The van der Waals surface area contributed by atoms with Crippen LogP contribution < -0.4 is 0 Å². The Labute approximate surface area is 98.5 Å². The summed E-state index contributed by atoms with van der Waals surface area (Å²) in [6.07, 6.45) is 2.51. The fourth-order valence-corrected chi connectivity index (χ4v) is 3.30. The van der Waals surface area contributed by atoms with E-state index < -0.39 is 5.97 Å². The lowest BCUT2D eigenvalue weighted by Crippen LogP contribution is -2.15. The normalized spacial score (nSPS) is 24.6. The number of aliphatic hydroxyl groups is 1. The summed E-state index contributed by atoms with van der Waals surface area (Å²) in [6.45, 7) is 0. The van der Waals surface area contributed by atoms with E-state index in [4.69, 9.17) is 5.11 Å². The maximum atomic E-state index is 11.0. The number of carbonyl (C=O) groups is 1. The minimum Gasteiger partial charge on any atom is -0.478 e. The summed E-state index contributed by atoms with van der Waals surface area (Å²) in [6, 6.07) is 6.96. The molecule has 0 aromatic heterocycles. The Hall–Kier alpha value is -1.00. The number of hydrogen-bond donors (Lipinski definition) is 2.